The minimum Gasteiger partial charge on any atom is -0.306 e. The lowest BCUT2D eigenvalue weighted by Crippen LogP contribution is -2.43. The summed E-state index contributed by atoms with van der Waals surface area (Å²) in [5.74, 6) is 5.10. The second kappa shape index (κ2) is 3.69. The Balaban J connectivity index is 2.39. The van der Waals surface area contributed by atoms with E-state index in [0.717, 1.165) is 25.9 Å². The lowest BCUT2D eigenvalue weighted by molar-refractivity contribution is -0.126. The van der Waals surface area contributed by atoms with Crippen molar-refractivity contribution in [1.82, 2.24) is 10.3 Å². The monoisotopic (exact) mass is 157 g/mol. The maximum Gasteiger partial charge on any atom is 0.238 e. The topological polar surface area (TPSA) is 58.4 Å². The van der Waals surface area contributed by atoms with E-state index in [0.29, 0.717) is 0 Å². The van der Waals surface area contributed by atoms with Crippen molar-refractivity contribution in [2.75, 3.05) is 20.1 Å². The average molecular weight is 157 g/mol. The molecule has 1 aliphatic rings. The zero-order valence-electron chi connectivity index (χ0n) is 6.84. The van der Waals surface area contributed by atoms with Crippen molar-refractivity contribution >= 4 is 5.91 Å². The number of nitrogens with two attached hydrogens (primary N) is 1. The molecule has 1 saturated heterocycles. The molecule has 1 aliphatic heterocycles. The van der Waals surface area contributed by atoms with Gasteiger partial charge in [-0.2, -0.15) is 0 Å². The van der Waals surface area contributed by atoms with Crippen LogP contribution in [0.3, 0.4) is 0 Å². The van der Waals surface area contributed by atoms with E-state index < -0.39 is 0 Å². The Hall–Kier alpha value is -0.610. The summed E-state index contributed by atoms with van der Waals surface area (Å²) in [6.45, 7) is 1.93. The van der Waals surface area contributed by atoms with E-state index >= 15 is 0 Å². The number of nitrogens with zero attached hydrogens (tertiary/aromatic N) is 1. The zero-order valence-corrected chi connectivity index (χ0v) is 6.84. The molecule has 3 N–H and O–H groups in total. The average Bonchev–Trinajstić information content (AvgIpc) is 2.03. The van der Waals surface area contributed by atoms with Crippen molar-refractivity contribution < 1.29 is 4.79 Å². The van der Waals surface area contributed by atoms with Gasteiger partial charge in [0.1, 0.15) is 0 Å². The third-order valence-electron chi connectivity index (χ3n) is 2.14. The van der Waals surface area contributed by atoms with Crippen LogP contribution in [-0.2, 0) is 4.79 Å². The number of piperidine rings is 1. The molecule has 0 unspecified atom stereocenters. The third-order valence-corrected chi connectivity index (χ3v) is 2.14. The largest absolute Gasteiger partial charge is 0.306 e. The molecule has 0 aliphatic carbocycles. The molecule has 1 atom stereocenters. The number of hydrazine groups is 1. The summed E-state index contributed by atoms with van der Waals surface area (Å²) in [5, 5.41) is 0. The molecule has 64 valence electrons. The molecule has 1 rings (SSSR count). The Labute approximate surface area is 66.7 Å². The Kier molecular flexibility index (Phi) is 2.84. The maximum absolute atomic E-state index is 11.0. The number of carbonyl (C=O) groups is 1. The van der Waals surface area contributed by atoms with Crippen LogP contribution in [0.5, 0.6) is 0 Å². The number of carbonyl (C=O) groups excluding carboxylic acids is 1. The predicted molar refractivity (Wildman–Crippen MR) is 42.6 cm³/mol. The van der Waals surface area contributed by atoms with Gasteiger partial charge < -0.3 is 4.90 Å². The van der Waals surface area contributed by atoms with E-state index in [9.17, 15) is 4.79 Å². The van der Waals surface area contributed by atoms with Gasteiger partial charge in [0.25, 0.3) is 0 Å². The third kappa shape index (κ3) is 2.17. The Morgan fingerprint density at radius 2 is 2.45 bits per heavy atom. The van der Waals surface area contributed by atoms with Gasteiger partial charge in [0, 0.05) is 6.54 Å². The summed E-state index contributed by atoms with van der Waals surface area (Å²) in [7, 11) is 2.02. The van der Waals surface area contributed by atoms with Crippen LogP contribution in [-0.4, -0.2) is 30.9 Å². The molecule has 11 heavy (non-hydrogen) atoms. The highest BCUT2D eigenvalue weighted by Crippen LogP contribution is 2.14. The first-order chi connectivity index (χ1) is 5.24. The smallest absolute Gasteiger partial charge is 0.238 e. The number of likely N-dealkylation sites (tertiary alicyclic amines) is 1. The van der Waals surface area contributed by atoms with E-state index in [1.54, 1.807) is 0 Å². The molecule has 1 heterocycles. The standard InChI is InChI=1S/C7H15N3O/c1-10-4-2-3-6(5-10)7(11)9-8/h6H,2-5,8H2,1H3,(H,9,11)/t6-/m1/s1. The second-order valence-electron chi connectivity index (χ2n) is 3.11. The summed E-state index contributed by atoms with van der Waals surface area (Å²) in [5.41, 5.74) is 2.19. The number of hydrogen-bond donors (Lipinski definition) is 2. The van der Waals surface area contributed by atoms with Crippen molar-refractivity contribution in [2.24, 2.45) is 11.8 Å². The van der Waals surface area contributed by atoms with Crippen molar-refractivity contribution in [2.45, 2.75) is 12.8 Å². The van der Waals surface area contributed by atoms with Crippen LogP contribution in [0.25, 0.3) is 0 Å². The van der Waals surface area contributed by atoms with E-state index in [1.807, 2.05) is 7.05 Å². The summed E-state index contributed by atoms with van der Waals surface area (Å²) >= 11 is 0. The van der Waals surface area contributed by atoms with Gasteiger partial charge in [-0.25, -0.2) is 5.84 Å². The van der Waals surface area contributed by atoms with Gasteiger partial charge in [-0.15, -0.1) is 0 Å². The molecule has 4 nitrogen and oxygen atoms in total. The molecule has 4 heteroatoms. The highest BCUT2D eigenvalue weighted by Gasteiger charge is 2.22. The predicted octanol–water partition coefficient (Wildman–Crippen LogP) is -0.682. The molecular weight excluding hydrogens is 142 g/mol. The van der Waals surface area contributed by atoms with Crippen LogP contribution in [0.2, 0.25) is 0 Å². The molecule has 1 fully saturated rings. The van der Waals surface area contributed by atoms with Gasteiger partial charge in [0.15, 0.2) is 0 Å². The molecule has 0 aromatic heterocycles. The molecule has 0 spiro atoms. The number of amides is 1. The molecular formula is C7H15N3O. The summed E-state index contributed by atoms with van der Waals surface area (Å²) < 4.78 is 0. The fraction of sp³-hybridized carbons (Fsp3) is 0.857. The molecule has 1 amide bonds. The first kappa shape index (κ1) is 8.49. The van der Waals surface area contributed by atoms with Crippen molar-refractivity contribution in [1.29, 1.82) is 0 Å². The molecule has 0 aromatic rings. The number of hydrogen-bond acceptors (Lipinski definition) is 3. The minimum atomic E-state index is -0.0310. The first-order valence-electron chi connectivity index (χ1n) is 3.93. The lowest BCUT2D eigenvalue weighted by atomic mass is 9.98. The summed E-state index contributed by atoms with van der Waals surface area (Å²) in [6.07, 6.45) is 2.06. The van der Waals surface area contributed by atoms with Crippen LogP contribution in [0.15, 0.2) is 0 Å². The highest BCUT2D eigenvalue weighted by molar-refractivity contribution is 5.78. The number of nitrogens with one attached hydrogen (secondary N) is 1. The highest BCUT2D eigenvalue weighted by atomic mass is 16.2. The number of rotatable bonds is 1. The van der Waals surface area contributed by atoms with Gasteiger partial charge in [0.05, 0.1) is 5.92 Å². The summed E-state index contributed by atoms with van der Waals surface area (Å²) in [6, 6.07) is 0. The SMILES string of the molecule is CN1CCC[C@@H](C(=O)NN)C1. The molecule has 0 radical (unpaired) electrons. The van der Waals surface area contributed by atoms with Gasteiger partial charge in [-0.1, -0.05) is 0 Å². The van der Waals surface area contributed by atoms with Crippen molar-refractivity contribution in [3.63, 3.8) is 0 Å². The van der Waals surface area contributed by atoms with Gasteiger partial charge in [-0.3, -0.25) is 10.2 Å². The van der Waals surface area contributed by atoms with E-state index in [1.165, 1.54) is 0 Å². The van der Waals surface area contributed by atoms with Gasteiger partial charge in [-0.05, 0) is 26.4 Å². The van der Waals surface area contributed by atoms with Crippen molar-refractivity contribution in [3.05, 3.63) is 0 Å². The quantitative estimate of drug-likeness (QED) is 0.301. The van der Waals surface area contributed by atoms with Gasteiger partial charge >= 0.3 is 0 Å². The van der Waals surface area contributed by atoms with Crippen LogP contribution >= 0.6 is 0 Å². The Morgan fingerprint density at radius 1 is 1.73 bits per heavy atom. The molecule has 0 aromatic carbocycles. The van der Waals surface area contributed by atoms with Gasteiger partial charge in [0.2, 0.25) is 5.91 Å². The fourth-order valence-corrected chi connectivity index (χ4v) is 1.50. The summed E-state index contributed by atoms with van der Waals surface area (Å²) in [4.78, 5) is 13.2. The van der Waals surface area contributed by atoms with E-state index in [2.05, 4.69) is 10.3 Å². The van der Waals surface area contributed by atoms with E-state index in [-0.39, 0.29) is 11.8 Å². The van der Waals surface area contributed by atoms with Crippen LogP contribution in [0, 0.1) is 5.92 Å². The fourth-order valence-electron chi connectivity index (χ4n) is 1.50. The minimum absolute atomic E-state index is 0.0310. The maximum atomic E-state index is 11.0. The molecule has 0 bridgehead atoms. The normalized spacial score (nSPS) is 26.5. The first-order valence-corrected chi connectivity index (χ1v) is 3.93. The second-order valence-corrected chi connectivity index (χ2v) is 3.11. The lowest BCUT2D eigenvalue weighted by Gasteiger charge is -2.28. The Morgan fingerprint density at radius 3 is 3.00 bits per heavy atom. The van der Waals surface area contributed by atoms with Crippen molar-refractivity contribution in [3.8, 4) is 0 Å². The Bertz CT molecular complexity index is 149. The van der Waals surface area contributed by atoms with Crippen LogP contribution in [0.4, 0.5) is 0 Å². The zero-order chi connectivity index (χ0) is 8.27. The van der Waals surface area contributed by atoms with Crippen LogP contribution in [0.1, 0.15) is 12.8 Å². The molecule has 0 saturated carbocycles. The van der Waals surface area contributed by atoms with E-state index in [4.69, 9.17) is 5.84 Å². The van der Waals surface area contributed by atoms with Crippen LogP contribution < -0.4 is 11.3 Å².